The number of hydrogen-bond donors (Lipinski definition) is 2. The molecule has 9 heteroatoms. The Balaban J connectivity index is 0.00000320. The normalized spacial score (nSPS) is 19.5. The maximum atomic E-state index is 12.6. The first kappa shape index (κ1) is 25.4. The Kier molecular flexibility index (Phi) is 10.3. The maximum Gasteiger partial charge on any atom is 0.243 e. The monoisotopic (exact) mass is 549 g/mol. The van der Waals surface area contributed by atoms with Gasteiger partial charge in [-0.05, 0) is 56.3 Å². The lowest BCUT2D eigenvalue weighted by atomic mass is 10.1. The fourth-order valence-electron chi connectivity index (χ4n) is 4.05. The average Bonchev–Trinajstić information content (AvgIpc) is 3.29. The van der Waals surface area contributed by atoms with Crippen LogP contribution in [0.2, 0.25) is 0 Å². The summed E-state index contributed by atoms with van der Waals surface area (Å²) in [5.74, 6) is 0.799. The molecule has 170 valence electrons. The molecule has 30 heavy (non-hydrogen) atoms. The van der Waals surface area contributed by atoms with Gasteiger partial charge in [-0.3, -0.25) is 4.99 Å². The van der Waals surface area contributed by atoms with Gasteiger partial charge in [0.2, 0.25) is 10.0 Å². The van der Waals surface area contributed by atoms with Gasteiger partial charge >= 0.3 is 0 Å². The van der Waals surface area contributed by atoms with Gasteiger partial charge in [0.1, 0.15) is 0 Å². The van der Waals surface area contributed by atoms with Crippen molar-refractivity contribution < 1.29 is 8.42 Å². The highest BCUT2D eigenvalue weighted by molar-refractivity contribution is 14.0. The Labute approximate surface area is 198 Å². The van der Waals surface area contributed by atoms with Gasteiger partial charge in [0.05, 0.1) is 4.90 Å². The van der Waals surface area contributed by atoms with Crippen LogP contribution in [0.1, 0.15) is 44.6 Å². The van der Waals surface area contributed by atoms with Crippen molar-refractivity contribution in [2.75, 3.05) is 39.8 Å². The third kappa shape index (κ3) is 6.80. The number of nitrogens with one attached hydrogen (secondary N) is 2. The Morgan fingerprint density at radius 1 is 1.10 bits per heavy atom. The smallest absolute Gasteiger partial charge is 0.243 e. The van der Waals surface area contributed by atoms with Crippen molar-refractivity contribution in [1.29, 1.82) is 0 Å². The topological polar surface area (TPSA) is 77.0 Å². The first-order valence-electron chi connectivity index (χ1n) is 10.8. The molecule has 0 spiro atoms. The lowest BCUT2D eigenvalue weighted by Crippen LogP contribution is -2.48. The number of aliphatic imine (C=N–C) groups is 1. The molecular formula is C21H36IN5O2S. The standard InChI is InChI=1S/C21H35N5O2S.HI/c1-3-12-25-15-10-19(11-16-25)24-21(22-2)23-17-18-6-8-20(9-7-18)29(27,28)26-13-4-5-14-26;/h6-9,19H,3-5,10-17H2,1-2H3,(H2,22,23,24);1H. The number of hydrogen-bond acceptors (Lipinski definition) is 4. The molecule has 2 aliphatic heterocycles. The van der Waals surface area contributed by atoms with Crippen LogP contribution in [0.5, 0.6) is 0 Å². The molecule has 2 N–H and O–H groups in total. The zero-order chi connectivity index (χ0) is 20.7. The number of halogens is 1. The molecule has 2 aliphatic rings. The molecule has 1 aromatic rings. The molecule has 0 aliphatic carbocycles. The first-order chi connectivity index (χ1) is 14.0. The van der Waals surface area contributed by atoms with Gasteiger partial charge in [-0.2, -0.15) is 4.31 Å². The minimum absolute atomic E-state index is 0. The first-order valence-corrected chi connectivity index (χ1v) is 12.3. The van der Waals surface area contributed by atoms with E-state index in [-0.39, 0.29) is 24.0 Å². The highest BCUT2D eigenvalue weighted by Crippen LogP contribution is 2.21. The molecule has 0 bridgehead atoms. The van der Waals surface area contributed by atoms with E-state index in [1.54, 1.807) is 23.5 Å². The number of rotatable bonds is 7. The van der Waals surface area contributed by atoms with E-state index in [0.717, 1.165) is 50.3 Å². The molecule has 0 aromatic heterocycles. The Morgan fingerprint density at radius 3 is 2.30 bits per heavy atom. The summed E-state index contributed by atoms with van der Waals surface area (Å²) >= 11 is 0. The van der Waals surface area contributed by atoms with Gasteiger partial charge < -0.3 is 15.5 Å². The molecule has 0 saturated carbocycles. The highest BCUT2D eigenvalue weighted by atomic mass is 127. The van der Waals surface area contributed by atoms with E-state index in [9.17, 15) is 8.42 Å². The fraction of sp³-hybridized carbons (Fsp3) is 0.667. The maximum absolute atomic E-state index is 12.6. The van der Waals surface area contributed by atoms with E-state index in [1.165, 1.54) is 13.0 Å². The summed E-state index contributed by atoms with van der Waals surface area (Å²) in [6.07, 6.45) is 5.36. The predicted molar refractivity (Wildman–Crippen MR) is 133 cm³/mol. The van der Waals surface area contributed by atoms with Crippen LogP contribution in [0.15, 0.2) is 34.2 Å². The van der Waals surface area contributed by atoms with Crippen molar-refractivity contribution >= 4 is 40.0 Å². The van der Waals surface area contributed by atoms with Crippen molar-refractivity contribution in [2.45, 2.75) is 56.5 Å². The van der Waals surface area contributed by atoms with Crippen molar-refractivity contribution in [3.8, 4) is 0 Å². The Bertz CT molecular complexity index is 771. The second-order valence-electron chi connectivity index (χ2n) is 7.94. The number of benzene rings is 1. The summed E-state index contributed by atoms with van der Waals surface area (Å²) < 4.78 is 26.8. The van der Waals surface area contributed by atoms with E-state index >= 15 is 0 Å². The van der Waals surface area contributed by atoms with Crippen molar-refractivity contribution in [2.24, 2.45) is 4.99 Å². The van der Waals surface area contributed by atoms with Gasteiger partial charge in [-0.15, -0.1) is 24.0 Å². The molecule has 7 nitrogen and oxygen atoms in total. The van der Waals surface area contributed by atoms with Gasteiger partial charge in [0, 0.05) is 45.8 Å². The van der Waals surface area contributed by atoms with Gasteiger partial charge in [0.15, 0.2) is 5.96 Å². The summed E-state index contributed by atoms with van der Waals surface area (Å²) in [6.45, 7) is 7.55. The van der Waals surface area contributed by atoms with Crippen LogP contribution in [-0.2, 0) is 16.6 Å². The van der Waals surface area contributed by atoms with E-state index in [0.29, 0.717) is 30.6 Å². The van der Waals surface area contributed by atoms with Crippen molar-refractivity contribution in [1.82, 2.24) is 19.8 Å². The number of sulfonamides is 1. The summed E-state index contributed by atoms with van der Waals surface area (Å²) in [5.41, 5.74) is 1.03. The minimum Gasteiger partial charge on any atom is -0.354 e. The van der Waals surface area contributed by atoms with Crippen molar-refractivity contribution in [3.05, 3.63) is 29.8 Å². The quantitative estimate of drug-likeness (QED) is 0.311. The lowest BCUT2D eigenvalue weighted by Gasteiger charge is -2.32. The SMILES string of the molecule is CCCN1CCC(NC(=NC)NCc2ccc(S(=O)(=O)N3CCCC3)cc2)CC1.I. The summed E-state index contributed by atoms with van der Waals surface area (Å²) in [7, 11) is -1.56. The summed E-state index contributed by atoms with van der Waals surface area (Å²) in [5, 5.41) is 6.87. The van der Waals surface area contributed by atoms with Gasteiger partial charge in [-0.25, -0.2) is 8.42 Å². The molecule has 0 atom stereocenters. The van der Waals surface area contributed by atoms with Crippen LogP contribution in [0.4, 0.5) is 0 Å². The zero-order valence-corrected chi connectivity index (χ0v) is 21.3. The number of guanidine groups is 1. The number of nitrogens with zero attached hydrogens (tertiary/aromatic N) is 3. The molecule has 2 saturated heterocycles. The molecule has 0 amide bonds. The average molecular weight is 550 g/mol. The number of likely N-dealkylation sites (tertiary alicyclic amines) is 1. The third-order valence-electron chi connectivity index (χ3n) is 5.78. The fourth-order valence-corrected chi connectivity index (χ4v) is 5.56. The van der Waals surface area contributed by atoms with E-state index in [4.69, 9.17) is 0 Å². The van der Waals surface area contributed by atoms with Crippen LogP contribution >= 0.6 is 24.0 Å². The molecule has 1 aromatic carbocycles. The van der Waals surface area contributed by atoms with Crippen LogP contribution in [0.3, 0.4) is 0 Å². The molecule has 0 radical (unpaired) electrons. The Morgan fingerprint density at radius 2 is 1.73 bits per heavy atom. The zero-order valence-electron chi connectivity index (χ0n) is 18.1. The molecular weight excluding hydrogens is 513 g/mol. The largest absolute Gasteiger partial charge is 0.354 e. The van der Waals surface area contributed by atoms with Crippen LogP contribution in [0, 0.1) is 0 Å². The van der Waals surface area contributed by atoms with Crippen molar-refractivity contribution in [3.63, 3.8) is 0 Å². The second-order valence-corrected chi connectivity index (χ2v) is 9.88. The molecule has 2 fully saturated rings. The van der Waals surface area contributed by atoms with Gasteiger partial charge in [-0.1, -0.05) is 19.1 Å². The third-order valence-corrected chi connectivity index (χ3v) is 7.69. The highest BCUT2D eigenvalue weighted by Gasteiger charge is 2.26. The predicted octanol–water partition coefficient (Wildman–Crippen LogP) is 2.63. The Hall–Kier alpha value is -0.910. The van der Waals surface area contributed by atoms with Crippen LogP contribution < -0.4 is 10.6 Å². The summed E-state index contributed by atoms with van der Waals surface area (Å²) in [6, 6.07) is 7.63. The van der Waals surface area contributed by atoms with E-state index < -0.39 is 10.0 Å². The minimum atomic E-state index is -3.35. The van der Waals surface area contributed by atoms with Crippen LogP contribution in [-0.4, -0.2) is 69.4 Å². The number of piperidine rings is 1. The second kappa shape index (κ2) is 12.2. The molecule has 2 heterocycles. The molecule has 3 rings (SSSR count). The summed E-state index contributed by atoms with van der Waals surface area (Å²) in [4.78, 5) is 7.24. The van der Waals surface area contributed by atoms with Crippen LogP contribution in [0.25, 0.3) is 0 Å². The van der Waals surface area contributed by atoms with E-state index in [1.807, 2.05) is 12.1 Å². The lowest BCUT2D eigenvalue weighted by molar-refractivity contribution is 0.206. The molecule has 0 unspecified atom stereocenters. The van der Waals surface area contributed by atoms with Gasteiger partial charge in [0.25, 0.3) is 0 Å². The van der Waals surface area contributed by atoms with E-state index in [2.05, 4.69) is 27.4 Å².